The number of rotatable bonds is 6. The number of anilines is 3. The number of furan rings is 1. The van der Waals surface area contributed by atoms with Crippen LogP contribution in [0.2, 0.25) is 0 Å². The Hall–Kier alpha value is -7.62. The molecule has 0 bridgehead atoms. The highest BCUT2D eigenvalue weighted by atomic mass is 16.3. The van der Waals surface area contributed by atoms with Gasteiger partial charge in [-0.1, -0.05) is 153 Å². The lowest BCUT2D eigenvalue weighted by Gasteiger charge is -2.37. The molecule has 2 aromatic heterocycles. The molecule has 12 rings (SSSR count). The fourth-order valence-corrected chi connectivity index (χ4v) is 10.5. The van der Waals surface area contributed by atoms with Crippen LogP contribution in [0, 0.1) is 0 Å². The van der Waals surface area contributed by atoms with E-state index in [0.717, 1.165) is 72.4 Å². The molecule has 3 nitrogen and oxygen atoms in total. The molecule has 2 heterocycles. The van der Waals surface area contributed by atoms with Crippen molar-refractivity contribution in [2.24, 2.45) is 0 Å². The first-order valence-corrected chi connectivity index (χ1v) is 19.8. The van der Waals surface area contributed by atoms with Gasteiger partial charge in [0.05, 0.1) is 38.9 Å². The van der Waals surface area contributed by atoms with Crippen LogP contribution in [0.3, 0.4) is 0 Å². The van der Waals surface area contributed by atoms with Crippen LogP contribution in [0.15, 0.2) is 217 Å². The molecule has 0 saturated carbocycles. The zero-order valence-corrected chi connectivity index (χ0v) is 31.7. The average molecular weight is 741 g/mol. The van der Waals surface area contributed by atoms with Crippen LogP contribution < -0.4 is 4.90 Å². The Morgan fingerprint density at radius 3 is 1.79 bits per heavy atom. The lowest BCUT2D eigenvalue weighted by atomic mass is 9.69. The van der Waals surface area contributed by atoms with Crippen LogP contribution in [0.4, 0.5) is 17.1 Å². The van der Waals surface area contributed by atoms with Gasteiger partial charge in [-0.25, -0.2) is 0 Å². The molecule has 0 atom stereocenters. The quantitative estimate of drug-likeness (QED) is 0.169. The summed E-state index contributed by atoms with van der Waals surface area (Å²) in [6.07, 6.45) is 4.10. The Morgan fingerprint density at radius 2 is 1.03 bits per heavy atom. The molecule has 58 heavy (non-hydrogen) atoms. The highest BCUT2D eigenvalue weighted by molar-refractivity contribution is 6.20. The number of benzene rings is 8. The van der Waals surface area contributed by atoms with Crippen LogP contribution in [0.25, 0.3) is 66.1 Å². The minimum Gasteiger partial charge on any atom is -0.456 e. The van der Waals surface area contributed by atoms with Crippen LogP contribution in [-0.4, -0.2) is 4.57 Å². The summed E-state index contributed by atoms with van der Waals surface area (Å²) in [6.45, 7) is 8.96. The van der Waals surface area contributed by atoms with E-state index in [9.17, 15) is 0 Å². The molecule has 272 valence electrons. The molecule has 10 aromatic rings. The van der Waals surface area contributed by atoms with Gasteiger partial charge in [-0.05, 0) is 93.6 Å². The predicted molar refractivity (Wildman–Crippen MR) is 242 cm³/mol. The topological polar surface area (TPSA) is 21.3 Å². The Kier molecular flexibility index (Phi) is 6.85. The van der Waals surface area contributed by atoms with E-state index in [0.29, 0.717) is 0 Å². The molecule has 0 amide bonds. The number of hydrogen-bond acceptors (Lipinski definition) is 2. The number of hydrogen-bond donors (Lipinski definition) is 0. The zero-order chi connectivity index (χ0) is 38.5. The van der Waals surface area contributed by atoms with Crippen molar-refractivity contribution < 1.29 is 4.42 Å². The Labute approximate surface area is 336 Å². The first kappa shape index (κ1) is 32.6. The maximum atomic E-state index is 6.62. The van der Waals surface area contributed by atoms with Gasteiger partial charge < -0.3 is 13.9 Å². The molecule has 3 heteroatoms. The lowest BCUT2D eigenvalue weighted by molar-refractivity contribution is 0.669. The normalized spacial score (nSPS) is 13.7. The van der Waals surface area contributed by atoms with Crippen molar-refractivity contribution in [1.82, 2.24) is 4.57 Å². The SMILES string of the molecule is C=CC1=C(C=C)C2(c3ccccc3-c3ccccc32)c2c1cccc2N(c1cccc2oc3ccccc3c12)c1cccc2c1c1ccccc1n2-c1ccccc1. The summed E-state index contributed by atoms with van der Waals surface area (Å²) in [4.78, 5) is 2.52. The number of nitrogens with zero attached hydrogens (tertiary/aromatic N) is 2. The average Bonchev–Trinajstić information content (AvgIpc) is 4.00. The summed E-state index contributed by atoms with van der Waals surface area (Å²) in [5.41, 5.74) is 17.3. The van der Waals surface area contributed by atoms with Gasteiger partial charge in [-0.15, -0.1) is 0 Å². The summed E-state index contributed by atoms with van der Waals surface area (Å²) in [5.74, 6) is 0. The second-order valence-corrected chi connectivity index (χ2v) is 15.2. The van der Waals surface area contributed by atoms with Crippen molar-refractivity contribution in [2.75, 3.05) is 4.90 Å². The van der Waals surface area contributed by atoms with Crippen molar-refractivity contribution in [3.63, 3.8) is 0 Å². The predicted octanol–water partition coefficient (Wildman–Crippen LogP) is 14.6. The number of fused-ring (bicyclic) bond motifs is 13. The Bertz CT molecular complexity index is 3350. The molecule has 0 radical (unpaired) electrons. The fraction of sp³-hybridized carbons (Fsp3) is 0.0182. The van der Waals surface area contributed by atoms with Gasteiger partial charge in [0, 0.05) is 27.4 Å². The molecule has 1 spiro atoms. The number of allylic oxidation sites excluding steroid dienone is 4. The molecular formula is C55H36N2O. The highest BCUT2D eigenvalue weighted by Crippen LogP contribution is 2.65. The molecule has 2 aliphatic rings. The standard InChI is InChI=1S/C55H36N2O/c1-3-36-39-25-16-32-49(54(39)55(42(36)4-2)43-26-12-8-21-37(43)38-22-9-13-27-44(38)55)57(48-31-18-34-51-53(48)41-24-11-15-33-50(41)58-51)47-30-17-29-46-52(47)40-23-10-14-28-45(40)56(46)35-19-6-5-7-20-35/h3-34H,1-2H2. The van der Waals surface area contributed by atoms with Gasteiger partial charge >= 0.3 is 0 Å². The summed E-state index contributed by atoms with van der Waals surface area (Å²) in [5, 5.41) is 4.50. The monoisotopic (exact) mass is 740 g/mol. The van der Waals surface area contributed by atoms with Gasteiger partial charge in [-0.2, -0.15) is 0 Å². The highest BCUT2D eigenvalue weighted by Gasteiger charge is 2.53. The van der Waals surface area contributed by atoms with Crippen molar-refractivity contribution in [2.45, 2.75) is 5.41 Å². The minimum atomic E-state index is -0.652. The van der Waals surface area contributed by atoms with Gasteiger partial charge in [0.2, 0.25) is 0 Å². The third-order valence-electron chi connectivity index (χ3n) is 12.6. The first-order chi connectivity index (χ1) is 28.7. The lowest BCUT2D eigenvalue weighted by Crippen LogP contribution is -2.29. The molecule has 0 N–H and O–H groups in total. The van der Waals surface area contributed by atoms with Crippen LogP contribution in [-0.2, 0) is 5.41 Å². The van der Waals surface area contributed by atoms with E-state index in [1.165, 1.54) is 38.6 Å². The summed E-state index contributed by atoms with van der Waals surface area (Å²) < 4.78 is 9.01. The second kappa shape index (κ2) is 12.2. The van der Waals surface area contributed by atoms with Gasteiger partial charge in [0.15, 0.2) is 0 Å². The fourth-order valence-electron chi connectivity index (χ4n) is 10.5. The van der Waals surface area contributed by atoms with E-state index in [1.54, 1.807) is 0 Å². The van der Waals surface area contributed by atoms with E-state index in [-0.39, 0.29) is 0 Å². The first-order valence-electron chi connectivity index (χ1n) is 19.8. The van der Waals surface area contributed by atoms with E-state index >= 15 is 0 Å². The van der Waals surface area contributed by atoms with E-state index in [1.807, 2.05) is 12.1 Å². The summed E-state index contributed by atoms with van der Waals surface area (Å²) in [6, 6.07) is 65.7. The second-order valence-electron chi connectivity index (χ2n) is 15.2. The minimum absolute atomic E-state index is 0.652. The summed E-state index contributed by atoms with van der Waals surface area (Å²) >= 11 is 0. The molecule has 0 unspecified atom stereocenters. The van der Waals surface area contributed by atoms with Crippen molar-refractivity contribution in [3.05, 3.63) is 235 Å². The Morgan fingerprint density at radius 1 is 0.466 bits per heavy atom. The largest absolute Gasteiger partial charge is 0.456 e. The molecule has 2 aliphatic carbocycles. The molecule has 0 saturated heterocycles. The van der Waals surface area contributed by atoms with Crippen molar-refractivity contribution in [1.29, 1.82) is 0 Å². The molecule has 0 aliphatic heterocycles. The number of para-hydroxylation sites is 3. The maximum absolute atomic E-state index is 6.62. The summed E-state index contributed by atoms with van der Waals surface area (Å²) in [7, 11) is 0. The Balaban J connectivity index is 1.28. The van der Waals surface area contributed by atoms with E-state index < -0.39 is 5.41 Å². The third-order valence-corrected chi connectivity index (χ3v) is 12.6. The van der Waals surface area contributed by atoms with Gasteiger partial charge in [0.25, 0.3) is 0 Å². The number of aromatic nitrogens is 1. The molecular weight excluding hydrogens is 705 g/mol. The maximum Gasteiger partial charge on any atom is 0.137 e. The van der Waals surface area contributed by atoms with E-state index in [4.69, 9.17) is 4.42 Å². The van der Waals surface area contributed by atoms with Crippen molar-refractivity contribution in [3.8, 4) is 16.8 Å². The van der Waals surface area contributed by atoms with Crippen molar-refractivity contribution >= 4 is 66.4 Å². The zero-order valence-electron chi connectivity index (χ0n) is 31.7. The molecule has 8 aromatic carbocycles. The van der Waals surface area contributed by atoms with E-state index in [2.05, 4.69) is 205 Å². The van der Waals surface area contributed by atoms with Crippen LogP contribution in [0.1, 0.15) is 22.3 Å². The smallest absolute Gasteiger partial charge is 0.137 e. The third kappa shape index (κ3) is 4.12. The molecule has 0 fully saturated rings. The van der Waals surface area contributed by atoms with Crippen LogP contribution in [0.5, 0.6) is 0 Å². The van der Waals surface area contributed by atoms with Gasteiger partial charge in [0.1, 0.15) is 11.2 Å². The van der Waals surface area contributed by atoms with Crippen LogP contribution >= 0.6 is 0 Å². The van der Waals surface area contributed by atoms with Gasteiger partial charge in [-0.3, -0.25) is 0 Å².